The third kappa shape index (κ3) is 33.6. The summed E-state index contributed by atoms with van der Waals surface area (Å²) in [5.41, 5.74) is 0. The van der Waals surface area contributed by atoms with Gasteiger partial charge in [-0.15, -0.1) is 0 Å². The van der Waals surface area contributed by atoms with Crippen LogP contribution in [0.5, 0.6) is 0 Å². The normalized spacial score (nSPS) is 21.9. The number of unbranched alkanes of at least 4 members (excludes halogenated alkanes) is 19. The number of hydrogen-bond donors (Lipinski definition) is 8. The molecule has 1 rings (SSSR count). The van der Waals surface area contributed by atoms with Crippen LogP contribution in [0.1, 0.15) is 181 Å². The zero-order valence-electron chi connectivity index (χ0n) is 39.7. The molecule has 22 heteroatoms. The molecule has 392 valence electrons. The van der Waals surface area contributed by atoms with E-state index in [1.54, 1.807) is 0 Å². The minimum atomic E-state index is -5.60. The standard InChI is InChI=1S/C45H83O19P3/c1-3-5-7-9-11-13-15-17-19-21-23-25-27-29-31-33-38(46)59-35-37(61-39(47)34-32-30-28-26-24-22-20-18-16-14-12-10-8-6-4-2)36-60-67(57,58)64-43-40(48)41(49)44(62-65(51,52)53)45(42(43)50)63-66(54,55)56/h11,13-14,16-17,19,37,40-45,48-50H,3-10,12,15,18,20-36H2,1-2H3,(H,57,58)(H2,51,52,53)(H2,54,55,56). The highest BCUT2D eigenvalue weighted by Crippen LogP contribution is 2.51. The number of hydrogen-bond acceptors (Lipinski definition) is 14. The van der Waals surface area contributed by atoms with E-state index in [0.717, 1.165) is 96.3 Å². The maximum absolute atomic E-state index is 13.1. The average molecular weight is 1020 g/mol. The number of allylic oxidation sites excluding steroid dienone is 6. The molecule has 0 aromatic rings. The summed E-state index contributed by atoms with van der Waals surface area (Å²) in [4.78, 5) is 73.2. The highest BCUT2D eigenvalue weighted by Gasteiger charge is 2.56. The zero-order chi connectivity index (χ0) is 50.0. The van der Waals surface area contributed by atoms with E-state index in [1.165, 1.54) is 44.9 Å². The predicted octanol–water partition coefficient (Wildman–Crippen LogP) is 8.85. The van der Waals surface area contributed by atoms with Crippen LogP contribution in [0.3, 0.4) is 0 Å². The summed E-state index contributed by atoms with van der Waals surface area (Å²) in [6, 6.07) is 0. The van der Waals surface area contributed by atoms with Gasteiger partial charge in [0.25, 0.3) is 0 Å². The van der Waals surface area contributed by atoms with Crippen LogP contribution in [0.4, 0.5) is 0 Å². The van der Waals surface area contributed by atoms with Crippen molar-refractivity contribution >= 4 is 35.4 Å². The molecule has 0 aromatic carbocycles. The van der Waals surface area contributed by atoms with E-state index in [-0.39, 0.29) is 12.8 Å². The first-order chi connectivity index (χ1) is 31.8. The number of ether oxygens (including phenoxy) is 2. The monoisotopic (exact) mass is 1020 g/mol. The number of carbonyl (C=O) groups is 2. The molecule has 8 unspecified atom stereocenters. The number of aliphatic hydroxyl groups is 3. The molecule has 1 aliphatic rings. The number of carbonyl (C=O) groups excluding carboxylic acids is 2. The third-order valence-electron chi connectivity index (χ3n) is 10.9. The lowest BCUT2D eigenvalue weighted by Crippen LogP contribution is -2.65. The minimum absolute atomic E-state index is 0.0100. The third-order valence-corrected chi connectivity index (χ3v) is 12.9. The van der Waals surface area contributed by atoms with Crippen molar-refractivity contribution < 1.29 is 90.6 Å². The van der Waals surface area contributed by atoms with Gasteiger partial charge in [-0.1, -0.05) is 134 Å². The van der Waals surface area contributed by atoms with Crippen LogP contribution >= 0.6 is 23.5 Å². The summed E-state index contributed by atoms with van der Waals surface area (Å²) in [6.45, 7) is 2.89. The Labute approximate surface area is 398 Å². The molecule has 8 atom stereocenters. The second kappa shape index (κ2) is 37.2. The Balaban J connectivity index is 2.74. The highest BCUT2D eigenvalue weighted by atomic mass is 31.2. The van der Waals surface area contributed by atoms with E-state index in [1.807, 2.05) is 0 Å². The topological polar surface area (TPSA) is 303 Å². The van der Waals surface area contributed by atoms with Crippen LogP contribution in [-0.4, -0.2) is 108 Å². The largest absolute Gasteiger partial charge is 0.472 e. The van der Waals surface area contributed by atoms with Crippen molar-refractivity contribution in [3.63, 3.8) is 0 Å². The van der Waals surface area contributed by atoms with Gasteiger partial charge < -0.3 is 49.3 Å². The van der Waals surface area contributed by atoms with E-state index in [0.29, 0.717) is 12.8 Å². The SMILES string of the molecule is CCCCCC=CCC=CCCCCCCCC(=O)OCC(COP(=O)(O)OC1C(O)C(O)C(OP(=O)(O)O)C(OP(=O)(O)O)C1O)OC(=O)CCCCCCCCCC=CCCCCCC. The number of phosphoric ester groups is 3. The molecule has 1 saturated carbocycles. The highest BCUT2D eigenvalue weighted by molar-refractivity contribution is 7.47. The fourth-order valence-electron chi connectivity index (χ4n) is 7.25. The van der Waals surface area contributed by atoms with E-state index < -0.39 is 91.3 Å². The van der Waals surface area contributed by atoms with E-state index in [9.17, 15) is 63.1 Å². The molecule has 0 saturated heterocycles. The maximum atomic E-state index is 13.1. The van der Waals surface area contributed by atoms with Gasteiger partial charge in [0.2, 0.25) is 0 Å². The molecule has 0 aliphatic heterocycles. The first-order valence-electron chi connectivity index (χ1n) is 24.3. The summed E-state index contributed by atoms with van der Waals surface area (Å²) in [5.74, 6) is -1.32. The Hall–Kier alpha value is -1.63. The van der Waals surface area contributed by atoms with Gasteiger partial charge in [0.15, 0.2) is 6.10 Å². The van der Waals surface area contributed by atoms with Crippen molar-refractivity contribution in [3.05, 3.63) is 36.5 Å². The Morgan fingerprint density at radius 2 is 0.866 bits per heavy atom. The molecule has 0 heterocycles. The first kappa shape index (κ1) is 63.4. The number of esters is 2. The Bertz CT molecular complexity index is 1550. The van der Waals surface area contributed by atoms with E-state index in [2.05, 4.69) is 59.4 Å². The second-order valence-electron chi connectivity index (χ2n) is 17.0. The molecule has 0 radical (unpaired) electrons. The number of aliphatic hydroxyl groups excluding tert-OH is 3. The summed E-state index contributed by atoms with van der Waals surface area (Å²) < 4.78 is 65.5. The maximum Gasteiger partial charge on any atom is 0.472 e. The van der Waals surface area contributed by atoms with Gasteiger partial charge in [0.1, 0.15) is 43.2 Å². The van der Waals surface area contributed by atoms with Crippen LogP contribution in [0, 0.1) is 0 Å². The molecule has 1 aliphatic carbocycles. The van der Waals surface area contributed by atoms with E-state index in [4.69, 9.17) is 18.5 Å². The summed E-state index contributed by atoms with van der Waals surface area (Å²) in [7, 11) is -16.6. The molecule has 8 N–H and O–H groups in total. The smallest absolute Gasteiger partial charge is 0.462 e. The Morgan fingerprint density at radius 1 is 0.478 bits per heavy atom. The second-order valence-corrected chi connectivity index (χ2v) is 20.8. The van der Waals surface area contributed by atoms with Crippen molar-refractivity contribution in [1.82, 2.24) is 0 Å². The Kier molecular flexibility index (Phi) is 35.2. The molecule has 67 heavy (non-hydrogen) atoms. The zero-order valence-corrected chi connectivity index (χ0v) is 42.4. The Morgan fingerprint density at radius 3 is 1.36 bits per heavy atom. The van der Waals surface area contributed by atoms with Gasteiger partial charge in [-0.25, -0.2) is 13.7 Å². The molecular formula is C45H83O19P3. The molecule has 1 fully saturated rings. The van der Waals surface area contributed by atoms with Crippen LogP contribution < -0.4 is 0 Å². The van der Waals surface area contributed by atoms with Gasteiger partial charge in [-0.05, 0) is 70.6 Å². The van der Waals surface area contributed by atoms with Crippen molar-refractivity contribution in [3.8, 4) is 0 Å². The van der Waals surface area contributed by atoms with Gasteiger partial charge in [-0.3, -0.25) is 27.7 Å². The quantitative estimate of drug-likeness (QED) is 0.0123. The molecule has 0 amide bonds. The summed E-state index contributed by atoms with van der Waals surface area (Å²) >= 11 is 0. The summed E-state index contributed by atoms with van der Waals surface area (Å²) in [5, 5.41) is 31.9. The molecule has 19 nitrogen and oxygen atoms in total. The van der Waals surface area contributed by atoms with Crippen molar-refractivity contribution in [1.29, 1.82) is 0 Å². The minimum Gasteiger partial charge on any atom is -0.462 e. The number of phosphoric acid groups is 3. The van der Waals surface area contributed by atoms with E-state index >= 15 is 0 Å². The predicted molar refractivity (Wildman–Crippen MR) is 252 cm³/mol. The van der Waals surface area contributed by atoms with Crippen LogP contribution in [0.2, 0.25) is 0 Å². The average Bonchev–Trinajstić information content (AvgIpc) is 3.25. The van der Waals surface area contributed by atoms with Crippen molar-refractivity contribution in [2.24, 2.45) is 0 Å². The van der Waals surface area contributed by atoms with Gasteiger partial charge in [0.05, 0.1) is 6.61 Å². The van der Waals surface area contributed by atoms with Crippen LogP contribution in [-0.2, 0) is 50.9 Å². The van der Waals surface area contributed by atoms with Crippen LogP contribution in [0.15, 0.2) is 36.5 Å². The van der Waals surface area contributed by atoms with Crippen molar-refractivity contribution in [2.45, 2.75) is 224 Å². The van der Waals surface area contributed by atoms with Gasteiger partial charge in [-0.2, -0.15) is 0 Å². The summed E-state index contributed by atoms with van der Waals surface area (Å²) in [6.07, 6.45) is 21.6. The van der Waals surface area contributed by atoms with Gasteiger partial charge in [0, 0.05) is 12.8 Å². The molecular weight excluding hydrogens is 937 g/mol. The lowest BCUT2D eigenvalue weighted by molar-refractivity contribution is -0.213. The first-order valence-corrected chi connectivity index (χ1v) is 28.8. The van der Waals surface area contributed by atoms with Gasteiger partial charge >= 0.3 is 35.4 Å². The van der Waals surface area contributed by atoms with Crippen LogP contribution in [0.25, 0.3) is 0 Å². The van der Waals surface area contributed by atoms with Crippen molar-refractivity contribution in [2.75, 3.05) is 13.2 Å². The lowest BCUT2D eigenvalue weighted by atomic mass is 9.85. The molecule has 0 spiro atoms. The molecule has 0 bridgehead atoms. The fraction of sp³-hybridized carbons (Fsp3) is 0.822. The fourth-order valence-corrected chi connectivity index (χ4v) is 9.35. The number of rotatable bonds is 41. The lowest BCUT2D eigenvalue weighted by Gasteiger charge is -2.44. The molecule has 0 aromatic heterocycles.